The van der Waals surface area contributed by atoms with Gasteiger partial charge in [-0.3, -0.25) is 4.79 Å². The molecule has 5 heteroatoms. The smallest absolute Gasteiger partial charge is 0.241 e. The van der Waals surface area contributed by atoms with Crippen LogP contribution in [0.3, 0.4) is 0 Å². The molecule has 0 unspecified atom stereocenters. The van der Waals surface area contributed by atoms with Crippen LogP contribution in [-0.4, -0.2) is 44.0 Å². The number of nitrogens with zero attached hydrogens (tertiary/aromatic N) is 2. The van der Waals surface area contributed by atoms with Crippen molar-refractivity contribution in [1.82, 2.24) is 10.2 Å². The maximum absolute atomic E-state index is 14.3. The van der Waals surface area contributed by atoms with Crippen molar-refractivity contribution in [3.05, 3.63) is 29.6 Å². The van der Waals surface area contributed by atoms with E-state index in [1.807, 2.05) is 11.0 Å². The third-order valence-corrected chi connectivity index (χ3v) is 3.71. The highest BCUT2D eigenvalue weighted by molar-refractivity contribution is 5.83. The fourth-order valence-corrected chi connectivity index (χ4v) is 2.50. The summed E-state index contributed by atoms with van der Waals surface area (Å²) >= 11 is 0. The summed E-state index contributed by atoms with van der Waals surface area (Å²) in [6.07, 6.45) is 0. The van der Waals surface area contributed by atoms with Crippen molar-refractivity contribution in [2.45, 2.75) is 20.4 Å². The number of anilines is 1. The van der Waals surface area contributed by atoms with E-state index in [0.717, 1.165) is 12.1 Å². The van der Waals surface area contributed by atoms with Gasteiger partial charge in [0.2, 0.25) is 5.91 Å². The van der Waals surface area contributed by atoms with Crippen molar-refractivity contribution in [3.8, 4) is 0 Å². The third kappa shape index (κ3) is 3.94. The van der Waals surface area contributed by atoms with Crippen LogP contribution in [0.5, 0.6) is 0 Å². The Bertz CT molecular complexity index is 504. The molecule has 1 heterocycles. The Morgan fingerprint density at radius 3 is 2.76 bits per heavy atom. The molecule has 1 amide bonds. The van der Waals surface area contributed by atoms with Gasteiger partial charge in [-0.15, -0.1) is 0 Å². The van der Waals surface area contributed by atoms with Crippen molar-refractivity contribution >= 4 is 11.6 Å². The standard InChI is InChI=1S/C16H24FN3O/c1-12(2)9-18-10-13-5-4-6-14(17)16(13)20-8-7-19(3)15(21)11-20/h4-6,12,18H,7-11H2,1-3H3. The topological polar surface area (TPSA) is 35.6 Å². The van der Waals surface area contributed by atoms with E-state index in [2.05, 4.69) is 19.2 Å². The molecular formula is C16H24FN3O. The van der Waals surface area contributed by atoms with Gasteiger partial charge in [0.25, 0.3) is 0 Å². The molecule has 0 atom stereocenters. The molecule has 1 aliphatic rings. The van der Waals surface area contributed by atoms with Gasteiger partial charge < -0.3 is 15.1 Å². The summed E-state index contributed by atoms with van der Waals surface area (Å²) in [4.78, 5) is 15.4. The largest absolute Gasteiger partial charge is 0.358 e. The Kier molecular flexibility index (Phi) is 5.17. The van der Waals surface area contributed by atoms with Gasteiger partial charge >= 0.3 is 0 Å². The molecule has 1 saturated heterocycles. The average Bonchev–Trinajstić information content (AvgIpc) is 2.42. The number of piperazine rings is 1. The van der Waals surface area contributed by atoms with Crippen molar-refractivity contribution in [2.75, 3.05) is 38.1 Å². The van der Waals surface area contributed by atoms with Crippen molar-refractivity contribution in [3.63, 3.8) is 0 Å². The molecule has 1 aliphatic heterocycles. The Labute approximate surface area is 125 Å². The Balaban J connectivity index is 2.15. The highest BCUT2D eigenvalue weighted by Gasteiger charge is 2.24. The third-order valence-electron chi connectivity index (χ3n) is 3.71. The second-order valence-corrected chi connectivity index (χ2v) is 6.01. The number of hydrogen-bond acceptors (Lipinski definition) is 3. The minimum absolute atomic E-state index is 0.0330. The molecule has 116 valence electrons. The fourth-order valence-electron chi connectivity index (χ4n) is 2.50. The average molecular weight is 293 g/mol. The summed E-state index contributed by atoms with van der Waals surface area (Å²) in [6, 6.07) is 5.11. The minimum Gasteiger partial charge on any atom is -0.358 e. The predicted molar refractivity (Wildman–Crippen MR) is 82.8 cm³/mol. The monoisotopic (exact) mass is 293 g/mol. The Morgan fingerprint density at radius 2 is 2.10 bits per heavy atom. The summed E-state index contributed by atoms with van der Waals surface area (Å²) in [5, 5.41) is 3.34. The molecule has 1 aromatic carbocycles. The van der Waals surface area contributed by atoms with E-state index >= 15 is 0 Å². The van der Waals surface area contributed by atoms with Gasteiger partial charge in [-0.2, -0.15) is 0 Å². The molecule has 0 aromatic heterocycles. The predicted octanol–water partition coefficient (Wildman–Crippen LogP) is 1.85. The molecule has 21 heavy (non-hydrogen) atoms. The lowest BCUT2D eigenvalue weighted by Crippen LogP contribution is -2.49. The van der Waals surface area contributed by atoms with E-state index in [1.54, 1.807) is 18.0 Å². The number of para-hydroxylation sites is 1. The van der Waals surface area contributed by atoms with Crippen LogP contribution in [-0.2, 0) is 11.3 Å². The molecule has 0 aliphatic carbocycles. The Morgan fingerprint density at radius 1 is 1.33 bits per heavy atom. The summed E-state index contributed by atoms with van der Waals surface area (Å²) in [5.74, 6) is 0.328. The number of rotatable bonds is 5. The van der Waals surface area contributed by atoms with Crippen LogP contribution >= 0.6 is 0 Å². The highest BCUT2D eigenvalue weighted by atomic mass is 19.1. The lowest BCUT2D eigenvalue weighted by atomic mass is 10.1. The van der Waals surface area contributed by atoms with E-state index in [4.69, 9.17) is 0 Å². The normalized spacial score (nSPS) is 16.0. The van der Waals surface area contributed by atoms with Gasteiger partial charge in [-0.05, 0) is 24.1 Å². The molecular weight excluding hydrogens is 269 g/mol. The zero-order valence-electron chi connectivity index (χ0n) is 13.0. The molecule has 0 bridgehead atoms. The van der Waals surface area contributed by atoms with Crippen LogP contribution in [0, 0.1) is 11.7 Å². The molecule has 1 fully saturated rings. The van der Waals surface area contributed by atoms with E-state index in [9.17, 15) is 9.18 Å². The second-order valence-electron chi connectivity index (χ2n) is 6.01. The molecule has 1 N–H and O–H groups in total. The van der Waals surface area contributed by atoms with Crippen molar-refractivity contribution in [1.29, 1.82) is 0 Å². The van der Waals surface area contributed by atoms with Gasteiger partial charge in [0.05, 0.1) is 12.2 Å². The van der Waals surface area contributed by atoms with Crippen LogP contribution in [0.15, 0.2) is 18.2 Å². The molecule has 0 radical (unpaired) electrons. The fraction of sp³-hybridized carbons (Fsp3) is 0.562. The first-order valence-corrected chi connectivity index (χ1v) is 7.46. The number of nitrogens with one attached hydrogen (secondary N) is 1. The van der Waals surface area contributed by atoms with E-state index in [-0.39, 0.29) is 18.3 Å². The lowest BCUT2D eigenvalue weighted by molar-refractivity contribution is -0.129. The SMILES string of the molecule is CC(C)CNCc1cccc(F)c1N1CCN(C)C(=O)C1. The number of carbonyl (C=O) groups excluding carboxylic acids is 1. The number of halogens is 1. The maximum atomic E-state index is 14.3. The van der Waals surface area contributed by atoms with E-state index < -0.39 is 0 Å². The maximum Gasteiger partial charge on any atom is 0.241 e. The van der Waals surface area contributed by atoms with Crippen LogP contribution in [0.4, 0.5) is 10.1 Å². The molecule has 4 nitrogen and oxygen atoms in total. The van der Waals surface area contributed by atoms with Crippen LogP contribution in [0.1, 0.15) is 19.4 Å². The van der Waals surface area contributed by atoms with Crippen molar-refractivity contribution in [2.24, 2.45) is 5.92 Å². The lowest BCUT2D eigenvalue weighted by Gasteiger charge is -2.34. The van der Waals surface area contributed by atoms with Gasteiger partial charge in [-0.1, -0.05) is 26.0 Å². The van der Waals surface area contributed by atoms with Gasteiger partial charge in [0, 0.05) is 26.7 Å². The Hall–Kier alpha value is -1.62. The van der Waals surface area contributed by atoms with E-state index in [1.165, 1.54) is 6.07 Å². The van der Waals surface area contributed by atoms with Crippen LogP contribution in [0.25, 0.3) is 0 Å². The summed E-state index contributed by atoms with van der Waals surface area (Å²) in [7, 11) is 1.78. The first-order chi connectivity index (χ1) is 9.99. The summed E-state index contributed by atoms with van der Waals surface area (Å²) < 4.78 is 14.3. The van der Waals surface area contributed by atoms with Gasteiger partial charge in [0.1, 0.15) is 5.82 Å². The quantitative estimate of drug-likeness (QED) is 0.900. The molecule has 0 saturated carbocycles. The number of benzene rings is 1. The van der Waals surface area contributed by atoms with Gasteiger partial charge in [-0.25, -0.2) is 4.39 Å². The number of amides is 1. The van der Waals surface area contributed by atoms with Crippen LogP contribution in [0.2, 0.25) is 0 Å². The minimum atomic E-state index is -0.254. The highest BCUT2D eigenvalue weighted by Crippen LogP contribution is 2.25. The second kappa shape index (κ2) is 6.89. The van der Waals surface area contributed by atoms with Crippen LogP contribution < -0.4 is 10.2 Å². The summed E-state index contributed by atoms with van der Waals surface area (Å²) in [6.45, 7) is 7.32. The first kappa shape index (κ1) is 15.8. The summed E-state index contributed by atoms with van der Waals surface area (Å²) in [5.41, 5.74) is 1.48. The molecule has 0 spiro atoms. The number of hydrogen-bond donors (Lipinski definition) is 1. The van der Waals surface area contributed by atoms with Crippen molar-refractivity contribution < 1.29 is 9.18 Å². The number of likely N-dealkylation sites (N-methyl/N-ethyl adjacent to an activating group) is 1. The van der Waals surface area contributed by atoms with Gasteiger partial charge in [0.15, 0.2) is 0 Å². The molecule has 2 rings (SSSR count). The van der Waals surface area contributed by atoms with E-state index in [0.29, 0.717) is 31.2 Å². The molecule has 1 aromatic rings. The number of carbonyl (C=O) groups is 1. The first-order valence-electron chi connectivity index (χ1n) is 7.46. The zero-order chi connectivity index (χ0) is 15.4. The zero-order valence-corrected chi connectivity index (χ0v) is 13.0.